The number of anilines is 1. The summed E-state index contributed by atoms with van der Waals surface area (Å²) >= 11 is 6.41. The molecule has 2 aromatic rings. The molecule has 0 saturated carbocycles. The van der Waals surface area contributed by atoms with Gasteiger partial charge in [0.1, 0.15) is 5.75 Å². The summed E-state index contributed by atoms with van der Waals surface area (Å²) in [5.74, 6) is 0.260. The van der Waals surface area contributed by atoms with Gasteiger partial charge in [0.15, 0.2) is 5.54 Å². The van der Waals surface area contributed by atoms with E-state index < -0.39 is 17.7 Å². The number of β-amino-alcohol motifs (C(OH)–C–C–N with tert-alkyl or cyclic N) is 1. The van der Waals surface area contributed by atoms with Crippen molar-refractivity contribution in [2.24, 2.45) is 0 Å². The zero-order chi connectivity index (χ0) is 24.1. The van der Waals surface area contributed by atoms with E-state index in [-0.39, 0.29) is 30.7 Å². The minimum Gasteiger partial charge on any atom is -0.496 e. The molecule has 1 fully saturated rings. The quantitative estimate of drug-likeness (QED) is 0.699. The Hall–Kier alpha value is -2.61. The fourth-order valence-electron chi connectivity index (χ4n) is 5.05. The molecule has 0 aromatic heterocycles. The van der Waals surface area contributed by atoms with Gasteiger partial charge in [-0.25, -0.2) is 0 Å². The van der Waals surface area contributed by atoms with Crippen molar-refractivity contribution in [2.45, 2.75) is 43.9 Å². The predicted molar refractivity (Wildman–Crippen MR) is 128 cm³/mol. The summed E-state index contributed by atoms with van der Waals surface area (Å²) < 4.78 is 5.74. The maximum atomic E-state index is 14.0. The number of nitrogens with one attached hydrogen (secondary N) is 1. The Morgan fingerprint density at radius 1 is 1.24 bits per heavy atom. The molecule has 0 bridgehead atoms. The van der Waals surface area contributed by atoms with E-state index in [2.05, 4.69) is 19.2 Å². The molecule has 33 heavy (non-hydrogen) atoms. The Balaban J connectivity index is 2.07. The lowest BCUT2D eigenvalue weighted by atomic mass is 9.79. The fraction of sp³-hybridized carbons (Fsp3) is 0.440. The highest BCUT2D eigenvalue weighted by Crippen LogP contribution is 2.51. The first-order chi connectivity index (χ1) is 15.6. The van der Waals surface area contributed by atoms with Crippen LogP contribution in [-0.4, -0.2) is 66.6 Å². The maximum Gasteiger partial charge on any atom is 0.254 e. The van der Waals surface area contributed by atoms with Crippen LogP contribution in [0, 0.1) is 0 Å². The van der Waals surface area contributed by atoms with Crippen LogP contribution in [0.5, 0.6) is 5.75 Å². The number of fused-ring (bicyclic) bond motifs is 1. The van der Waals surface area contributed by atoms with Crippen molar-refractivity contribution in [1.82, 2.24) is 9.80 Å². The molecule has 1 unspecified atom stereocenters. The van der Waals surface area contributed by atoms with E-state index in [0.717, 1.165) is 5.56 Å². The zero-order valence-corrected chi connectivity index (χ0v) is 20.3. The number of amides is 2. The molecule has 0 aliphatic carbocycles. The molecule has 2 amide bonds. The first-order valence-electron chi connectivity index (χ1n) is 11.1. The van der Waals surface area contributed by atoms with Gasteiger partial charge in [-0.3, -0.25) is 14.5 Å². The van der Waals surface area contributed by atoms with Gasteiger partial charge >= 0.3 is 0 Å². The molecule has 0 radical (unpaired) electrons. The lowest BCUT2D eigenvalue weighted by Gasteiger charge is -2.41. The largest absolute Gasteiger partial charge is 0.496 e. The van der Waals surface area contributed by atoms with Crippen molar-refractivity contribution < 1.29 is 19.4 Å². The molecule has 2 heterocycles. The van der Waals surface area contributed by atoms with Gasteiger partial charge in [0.2, 0.25) is 5.91 Å². The average molecular weight is 472 g/mol. The minimum absolute atomic E-state index is 0.151. The number of methoxy groups -OCH3 is 1. The van der Waals surface area contributed by atoms with Crippen molar-refractivity contribution in [3.8, 4) is 5.75 Å². The van der Waals surface area contributed by atoms with E-state index in [1.165, 1.54) is 4.90 Å². The summed E-state index contributed by atoms with van der Waals surface area (Å²) in [7, 11) is 4.92. The number of hydrogen-bond donors (Lipinski definition) is 2. The number of benzene rings is 2. The van der Waals surface area contributed by atoms with Gasteiger partial charge in [-0.15, -0.1) is 0 Å². The van der Waals surface area contributed by atoms with Crippen molar-refractivity contribution in [3.05, 3.63) is 58.1 Å². The minimum atomic E-state index is -1.40. The summed E-state index contributed by atoms with van der Waals surface area (Å²) in [6.45, 7) is 4.31. The number of likely N-dealkylation sites (tertiary alicyclic amines) is 1. The smallest absolute Gasteiger partial charge is 0.254 e. The summed E-state index contributed by atoms with van der Waals surface area (Å²) in [6, 6.07) is 10.4. The van der Waals surface area contributed by atoms with E-state index in [1.54, 1.807) is 39.4 Å². The first-order valence-corrected chi connectivity index (χ1v) is 11.4. The third kappa shape index (κ3) is 3.68. The lowest BCUT2D eigenvalue weighted by Crippen LogP contribution is -2.57. The summed E-state index contributed by atoms with van der Waals surface area (Å²) in [4.78, 5) is 30.5. The number of halogens is 1. The lowest BCUT2D eigenvalue weighted by molar-refractivity contribution is -0.138. The molecule has 1 saturated heterocycles. The number of aliphatic hydroxyl groups excluding tert-OH is 1. The van der Waals surface area contributed by atoms with Gasteiger partial charge in [0, 0.05) is 42.5 Å². The molecule has 2 aromatic carbocycles. The SMILES string of the molecule is COc1ccc(C(C)C)cc1C1(N2C[C@H](O)C[C@H]2C(=O)N(C)C)C(=O)Nc2ccc(Cl)cc21. The van der Waals surface area contributed by atoms with Crippen molar-refractivity contribution in [3.63, 3.8) is 0 Å². The van der Waals surface area contributed by atoms with Gasteiger partial charge < -0.3 is 20.1 Å². The Bertz CT molecular complexity index is 1100. The number of carbonyl (C=O) groups excluding carboxylic acids is 2. The Kier molecular flexibility index (Phi) is 6.16. The summed E-state index contributed by atoms with van der Waals surface area (Å²) in [5.41, 5.74) is 1.53. The van der Waals surface area contributed by atoms with E-state index in [1.807, 2.05) is 23.1 Å². The highest BCUT2D eigenvalue weighted by molar-refractivity contribution is 6.31. The van der Waals surface area contributed by atoms with Gasteiger partial charge in [0.05, 0.1) is 19.3 Å². The number of nitrogens with zero attached hydrogens (tertiary/aromatic N) is 2. The molecule has 2 aliphatic heterocycles. The highest BCUT2D eigenvalue weighted by atomic mass is 35.5. The third-order valence-corrected chi connectivity index (χ3v) is 6.90. The van der Waals surface area contributed by atoms with Gasteiger partial charge in [-0.1, -0.05) is 31.5 Å². The predicted octanol–water partition coefficient (Wildman–Crippen LogP) is 3.19. The summed E-state index contributed by atoms with van der Waals surface area (Å²) in [5, 5.41) is 14.1. The molecule has 4 rings (SSSR count). The van der Waals surface area contributed by atoms with Crippen LogP contribution in [0.1, 0.15) is 42.9 Å². The standard InChI is InChI=1S/C25H30ClN3O4/c1-14(2)15-6-9-22(33-5)19(10-15)25(18-11-16(26)7-8-20(18)27-24(25)32)29-13-17(30)12-21(29)23(31)28(3)4/h6-11,14,17,21,30H,12-13H2,1-5H3,(H,27,32)/t17-,21+,25?/m1/s1. The van der Waals surface area contributed by atoms with Gasteiger partial charge in [0.25, 0.3) is 5.91 Å². The monoisotopic (exact) mass is 471 g/mol. The van der Waals surface area contributed by atoms with Gasteiger partial charge in [-0.2, -0.15) is 0 Å². The van der Waals surface area contributed by atoms with Crippen LogP contribution in [0.15, 0.2) is 36.4 Å². The van der Waals surface area contributed by atoms with Crippen LogP contribution >= 0.6 is 11.6 Å². The molecule has 2 aliphatic rings. The molecule has 3 atom stereocenters. The van der Waals surface area contributed by atoms with Crippen molar-refractivity contribution in [2.75, 3.05) is 33.1 Å². The number of carbonyl (C=O) groups is 2. The van der Waals surface area contributed by atoms with E-state index in [4.69, 9.17) is 16.3 Å². The molecule has 2 N–H and O–H groups in total. The molecule has 7 nitrogen and oxygen atoms in total. The molecular weight excluding hydrogens is 442 g/mol. The van der Waals surface area contributed by atoms with Crippen LogP contribution in [0.3, 0.4) is 0 Å². The second kappa shape index (κ2) is 8.63. The molecular formula is C25H30ClN3O4. The Morgan fingerprint density at radius 2 is 1.97 bits per heavy atom. The van der Waals surface area contributed by atoms with Gasteiger partial charge in [-0.05, 0) is 48.2 Å². The maximum absolute atomic E-state index is 14.0. The van der Waals surface area contributed by atoms with E-state index >= 15 is 0 Å². The molecule has 176 valence electrons. The second-order valence-electron chi connectivity index (χ2n) is 9.26. The van der Waals surface area contributed by atoms with Crippen molar-refractivity contribution in [1.29, 1.82) is 0 Å². The average Bonchev–Trinajstić information content (AvgIpc) is 3.29. The van der Waals surface area contributed by atoms with Crippen LogP contribution in [-0.2, 0) is 15.1 Å². The van der Waals surface area contributed by atoms with Crippen LogP contribution in [0.25, 0.3) is 0 Å². The molecule has 8 heteroatoms. The van der Waals surface area contributed by atoms with Crippen LogP contribution in [0.4, 0.5) is 5.69 Å². The normalized spacial score (nSPS) is 24.7. The number of likely N-dealkylation sites (N-methyl/N-ethyl adjacent to an activating group) is 1. The Labute approximate surface area is 199 Å². The fourth-order valence-corrected chi connectivity index (χ4v) is 5.22. The zero-order valence-electron chi connectivity index (χ0n) is 19.6. The highest BCUT2D eigenvalue weighted by Gasteiger charge is 2.59. The summed E-state index contributed by atoms with van der Waals surface area (Å²) in [6.07, 6.45) is -0.528. The molecule has 0 spiro atoms. The van der Waals surface area contributed by atoms with Crippen molar-refractivity contribution >= 4 is 29.1 Å². The van der Waals surface area contributed by atoms with E-state index in [9.17, 15) is 14.7 Å². The van der Waals surface area contributed by atoms with E-state index in [0.29, 0.717) is 27.6 Å². The first kappa shape index (κ1) is 23.5. The Morgan fingerprint density at radius 3 is 2.61 bits per heavy atom. The number of aliphatic hydroxyl groups is 1. The number of rotatable bonds is 5. The number of hydrogen-bond acceptors (Lipinski definition) is 5. The van der Waals surface area contributed by atoms with Crippen LogP contribution < -0.4 is 10.1 Å². The topological polar surface area (TPSA) is 82.1 Å². The number of ether oxygens (including phenoxy) is 1. The third-order valence-electron chi connectivity index (χ3n) is 6.66. The second-order valence-corrected chi connectivity index (χ2v) is 9.70. The van der Waals surface area contributed by atoms with Crippen LogP contribution in [0.2, 0.25) is 5.02 Å².